The fraction of sp³-hybridized carbons (Fsp3) is 0.509. The maximum absolute atomic E-state index is 13.5. The fourth-order valence-electron chi connectivity index (χ4n) is 20.9. The summed E-state index contributed by atoms with van der Waals surface area (Å²) in [6.07, 6.45) is 19.1. The Morgan fingerprint density at radius 1 is 0.317 bits per heavy atom. The fourth-order valence-corrected chi connectivity index (χ4v) is 22.2. The van der Waals surface area contributed by atoms with Crippen molar-refractivity contribution in [3.63, 3.8) is 0 Å². The number of benzene rings is 10. The molecule has 0 radical (unpaired) electrons. The van der Waals surface area contributed by atoms with E-state index in [-0.39, 0.29) is 56.7 Å². The largest absolute Gasteiger partial charge is 0.252 e. The Kier molecular flexibility index (Phi) is 28.5. The van der Waals surface area contributed by atoms with Crippen LogP contribution in [0.1, 0.15) is 386 Å². The highest BCUT2D eigenvalue weighted by Gasteiger charge is 2.37. The van der Waals surface area contributed by atoms with Gasteiger partial charge in [0.15, 0.2) is 0 Å². The summed E-state index contributed by atoms with van der Waals surface area (Å²) in [6, 6.07) is 63.1. The molecule has 1 nitrogen and oxygen atoms in total. The highest BCUT2D eigenvalue weighted by molar-refractivity contribution is 7.19. The lowest BCUT2D eigenvalue weighted by atomic mass is 9.69. The average molecular weight is 1630 g/mol. The molecule has 0 saturated heterocycles. The molecule has 0 aliphatic heterocycles. The van der Waals surface area contributed by atoms with E-state index in [9.17, 15) is 8.78 Å². The summed E-state index contributed by atoms with van der Waals surface area (Å²) >= 11 is 1.93. The minimum atomic E-state index is -2.47. The van der Waals surface area contributed by atoms with Gasteiger partial charge in [0.25, 0.3) is 0 Å². The Morgan fingerprint density at radius 2 is 0.700 bits per heavy atom. The molecule has 0 atom stereocenters. The van der Waals surface area contributed by atoms with E-state index in [0.717, 1.165) is 29.0 Å². The van der Waals surface area contributed by atoms with E-state index in [4.69, 9.17) is 4.98 Å². The number of alkyl halides is 2. The highest BCUT2D eigenvalue weighted by Crippen LogP contribution is 2.50. The van der Waals surface area contributed by atoms with Crippen LogP contribution in [0.4, 0.5) is 8.78 Å². The molecule has 0 N–H and O–H groups in total. The van der Waals surface area contributed by atoms with Gasteiger partial charge in [-0.2, -0.15) is 0 Å². The van der Waals surface area contributed by atoms with Crippen molar-refractivity contribution >= 4 is 75.4 Å². The van der Waals surface area contributed by atoms with Gasteiger partial charge in [-0.15, -0.1) is 11.3 Å². The van der Waals surface area contributed by atoms with Gasteiger partial charge in [0.2, 0.25) is 5.92 Å². The Hall–Kier alpha value is -7.53. The second-order valence-electron chi connectivity index (χ2n) is 45.0. The summed E-state index contributed by atoms with van der Waals surface area (Å²) < 4.78 is 28.5. The van der Waals surface area contributed by atoms with Crippen molar-refractivity contribution in [1.29, 1.82) is 0 Å². The molecule has 0 unspecified atom stereocenters. The van der Waals surface area contributed by atoms with Crippen LogP contribution >= 0.6 is 11.3 Å². The number of fused-ring (bicyclic) bond motifs is 6. The summed E-state index contributed by atoms with van der Waals surface area (Å²) in [6.45, 7) is 66.3. The third-order valence-corrected chi connectivity index (χ3v) is 29.2. The molecular formula is C116H153F2NS. The van der Waals surface area contributed by atoms with Gasteiger partial charge in [0.1, 0.15) is 0 Å². The number of halogens is 2. The summed E-state index contributed by atoms with van der Waals surface area (Å²) in [5, 5.41) is 14.0. The third kappa shape index (κ3) is 22.0. The second-order valence-corrected chi connectivity index (χ2v) is 46.0. The van der Waals surface area contributed by atoms with Crippen LogP contribution in [0.3, 0.4) is 0 Å². The number of thiophene rings is 1. The van der Waals surface area contributed by atoms with E-state index >= 15 is 0 Å². The molecule has 16 rings (SSSR count). The van der Waals surface area contributed by atoms with Crippen molar-refractivity contribution in [2.45, 2.75) is 377 Å². The zero-order chi connectivity index (χ0) is 87.8. The number of hydrogen-bond acceptors (Lipinski definition) is 2. The Morgan fingerprint density at radius 3 is 1.12 bits per heavy atom. The molecule has 4 fully saturated rings. The van der Waals surface area contributed by atoms with Crippen LogP contribution in [0.15, 0.2) is 170 Å². The normalized spacial score (nSPS) is 16.7. The summed E-state index contributed by atoms with van der Waals surface area (Å²) in [5.41, 5.74) is 25.9. The molecule has 4 aliphatic rings. The van der Waals surface area contributed by atoms with Crippen LogP contribution < -0.4 is 0 Å². The molecule has 0 amide bonds. The molecular weight excluding hydrogens is 1480 g/mol. The molecule has 4 aliphatic carbocycles. The van der Waals surface area contributed by atoms with E-state index in [1.54, 1.807) is 16.7 Å². The lowest BCUT2D eigenvalue weighted by molar-refractivity contribution is -0.0381. The number of hydrogen-bond donors (Lipinski definition) is 0. The number of pyridine rings is 1. The van der Waals surface area contributed by atoms with Crippen LogP contribution in [0.2, 0.25) is 0 Å². The standard InChI is InChI=1S/C23H32.C21H26F2.C21H28.C20H26.C18H25N.C13H16S/c1-16-18-9-7-8-10-19(18)20(15-21(16)22(2,3)4)17-11-13-23(5,6)14-12-17;1-14-16-7-5-6-8-17(16)18(13-19(14)20(2,3)4)15-9-11-21(22,23)12-10-15;1-15-17-12-8-9-13-18(17)19(14-20(15)21(2,3)4)16-10-6-5-7-11-16;1-14-9-10-17-13-16(15-7-5-6-8-15)11-12-18(17)19(14)20(2,3)4;1-12-13-8-11-16(18(5,6)7)19-15(13)10-9-14(12)17(2,3)4;1-9-10-7-5-6-8-11(10)14-12(9)13(2,3)4/h7-10,15,17H,11-14H2,1-6H3;5-8,13,15H,9-12H2,1-4H3;8-9,12-14,16H,5-7,10-11H2,1-4H3;9-13,15H,5-8H2,1-4H3;8-11H,1-7H3;5-8H,1-4H3. The van der Waals surface area contributed by atoms with E-state index in [1.165, 1.54) is 214 Å². The number of aryl methyl sites for hydroxylation is 6. The van der Waals surface area contributed by atoms with Crippen LogP contribution in [-0.4, -0.2) is 10.9 Å². The zero-order valence-electron chi connectivity index (χ0n) is 80.1. The number of nitrogens with zero attached hydrogens (tertiary/aromatic N) is 1. The van der Waals surface area contributed by atoms with Crippen LogP contribution in [0, 0.1) is 47.0 Å². The second kappa shape index (κ2) is 36.7. The van der Waals surface area contributed by atoms with E-state index < -0.39 is 5.92 Å². The molecule has 642 valence electrons. The Bertz CT molecular complexity index is 5400. The summed E-state index contributed by atoms with van der Waals surface area (Å²) in [5.74, 6) is 0.0872. The van der Waals surface area contributed by atoms with Gasteiger partial charge in [-0.1, -0.05) is 343 Å². The molecule has 10 aromatic carbocycles. The van der Waals surface area contributed by atoms with Crippen LogP contribution in [0.25, 0.3) is 64.1 Å². The first-order valence-electron chi connectivity index (χ1n) is 46.3. The zero-order valence-corrected chi connectivity index (χ0v) is 80.9. The predicted molar refractivity (Wildman–Crippen MR) is 527 cm³/mol. The maximum Gasteiger partial charge on any atom is 0.248 e. The quantitative estimate of drug-likeness (QED) is 0.171. The first kappa shape index (κ1) is 93.2. The van der Waals surface area contributed by atoms with E-state index in [1.807, 2.05) is 11.3 Å². The average Bonchev–Trinajstić information content (AvgIpc) is 1.28. The highest BCUT2D eigenvalue weighted by atomic mass is 32.1. The molecule has 4 saturated carbocycles. The van der Waals surface area contributed by atoms with Gasteiger partial charge in [0.05, 0.1) is 5.52 Å². The minimum Gasteiger partial charge on any atom is -0.252 e. The van der Waals surface area contributed by atoms with Gasteiger partial charge in [-0.05, 0) is 317 Å². The van der Waals surface area contributed by atoms with E-state index in [2.05, 4.69) is 371 Å². The number of aromatic nitrogens is 1. The van der Waals surface area contributed by atoms with Crippen molar-refractivity contribution in [2.75, 3.05) is 0 Å². The molecule has 2 aromatic heterocycles. The monoisotopic (exact) mass is 1630 g/mol. The van der Waals surface area contributed by atoms with Crippen LogP contribution in [0.5, 0.6) is 0 Å². The van der Waals surface area contributed by atoms with Crippen molar-refractivity contribution in [3.8, 4) is 0 Å². The van der Waals surface area contributed by atoms with Gasteiger partial charge in [-0.3, -0.25) is 4.98 Å². The number of rotatable bonds is 4. The van der Waals surface area contributed by atoms with E-state index in [0.29, 0.717) is 18.3 Å². The first-order chi connectivity index (χ1) is 55.9. The van der Waals surface area contributed by atoms with Gasteiger partial charge >= 0.3 is 0 Å². The molecule has 2 heterocycles. The molecule has 120 heavy (non-hydrogen) atoms. The topological polar surface area (TPSA) is 12.9 Å². The summed E-state index contributed by atoms with van der Waals surface area (Å²) in [4.78, 5) is 6.34. The Labute approximate surface area is 731 Å². The molecule has 0 bridgehead atoms. The summed E-state index contributed by atoms with van der Waals surface area (Å²) in [7, 11) is 0. The van der Waals surface area contributed by atoms with Gasteiger partial charge < -0.3 is 0 Å². The lowest BCUT2D eigenvalue weighted by Crippen LogP contribution is -2.24. The van der Waals surface area contributed by atoms with Gasteiger partial charge in [-0.25, -0.2) is 8.78 Å². The van der Waals surface area contributed by atoms with Crippen molar-refractivity contribution < 1.29 is 8.78 Å². The predicted octanol–water partition coefficient (Wildman–Crippen LogP) is 36.1. The maximum atomic E-state index is 13.5. The molecule has 0 spiro atoms. The van der Waals surface area contributed by atoms with Crippen molar-refractivity contribution in [2.24, 2.45) is 5.41 Å². The Balaban J connectivity index is 0.000000142. The van der Waals surface area contributed by atoms with Crippen LogP contribution in [-0.2, 0) is 37.9 Å². The minimum absolute atomic E-state index is 0.0186. The third-order valence-electron chi connectivity index (χ3n) is 27.5. The van der Waals surface area contributed by atoms with Gasteiger partial charge in [0, 0.05) is 38.9 Å². The lowest BCUT2D eigenvalue weighted by Gasteiger charge is -2.36. The SMILES string of the molecule is Cc1c(C(C)(C)C)cc(C2CCC(C)(C)CC2)c2ccccc12.Cc1c(C(C)(C)C)cc(C2CCC(F)(F)CC2)c2ccccc12.Cc1c(C(C)(C)C)cc(C2CCCCC2)c2ccccc12.Cc1c(C(C)(C)C)ccc2nc(C(C)(C)C)ccc12.Cc1c(C(C)(C)C)sc2ccccc12.Cc1ccc2cc(C3CCCC3)ccc2c1C(C)(C)C. The first-order valence-corrected chi connectivity index (χ1v) is 47.1. The van der Waals surface area contributed by atoms with Crippen molar-refractivity contribution in [1.82, 2.24) is 4.98 Å². The smallest absolute Gasteiger partial charge is 0.248 e. The van der Waals surface area contributed by atoms with Crippen molar-refractivity contribution in [3.05, 3.63) is 264 Å². The molecule has 4 heteroatoms. The molecule has 12 aromatic rings.